The van der Waals surface area contributed by atoms with Gasteiger partial charge >= 0.3 is 0 Å². The molecule has 1 aromatic carbocycles. The summed E-state index contributed by atoms with van der Waals surface area (Å²) in [5, 5.41) is 0. The first-order chi connectivity index (χ1) is 9.13. The molecule has 0 bridgehead atoms. The van der Waals surface area contributed by atoms with Crippen LogP contribution >= 0.6 is 0 Å². The zero-order valence-corrected chi connectivity index (χ0v) is 12.4. The van der Waals surface area contributed by atoms with E-state index in [0.717, 1.165) is 36.7 Å². The van der Waals surface area contributed by atoms with Gasteiger partial charge in [-0.25, -0.2) is 0 Å². The summed E-state index contributed by atoms with van der Waals surface area (Å²) in [6.45, 7) is 9.40. The summed E-state index contributed by atoms with van der Waals surface area (Å²) in [5.74, 6) is 1.74. The molecule has 1 heterocycles. The second kappa shape index (κ2) is 6.29. The first-order valence-electron chi connectivity index (χ1n) is 7.38. The zero-order chi connectivity index (χ0) is 13.8. The second-order valence-electron chi connectivity index (χ2n) is 5.78. The Morgan fingerprint density at radius 2 is 2.21 bits per heavy atom. The molecular weight excluding hydrogens is 236 g/mol. The van der Waals surface area contributed by atoms with Crippen LogP contribution in [0.15, 0.2) is 18.2 Å². The SMILES string of the molecule is CCC1CN(CCC(C)C)c2ccc(CN)cc2O1. The number of anilines is 1. The van der Waals surface area contributed by atoms with E-state index in [-0.39, 0.29) is 0 Å². The normalized spacial score (nSPS) is 18.4. The molecule has 106 valence electrons. The van der Waals surface area contributed by atoms with Gasteiger partial charge in [0.05, 0.1) is 12.2 Å². The van der Waals surface area contributed by atoms with Gasteiger partial charge in [-0.2, -0.15) is 0 Å². The fourth-order valence-electron chi connectivity index (χ4n) is 2.44. The maximum atomic E-state index is 6.06. The highest BCUT2D eigenvalue weighted by Crippen LogP contribution is 2.35. The molecular formula is C16H26N2O. The van der Waals surface area contributed by atoms with Crippen LogP contribution in [0, 0.1) is 5.92 Å². The first kappa shape index (κ1) is 14.2. The minimum atomic E-state index is 0.299. The Balaban J connectivity index is 2.21. The number of rotatable bonds is 5. The molecule has 1 unspecified atom stereocenters. The van der Waals surface area contributed by atoms with Crippen LogP contribution in [0.5, 0.6) is 5.75 Å². The molecule has 0 aromatic heterocycles. The van der Waals surface area contributed by atoms with Crippen molar-refractivity contribution in [2.75, 3.05) is 18.0 Å². The second-order valence-corrected chi connectivity index (χ2v) is 5.78. The minimum Gasteiger partial charge on any atom is -0.486 e. The van der Waals surface area contributed by atoms with Crippen molar-refractivity contribution in [3.8, 4) is 5.75 Å². The van der Waals surface area contributed by atoms with E-state index in [4.69, 9.17) is 10.5 Å². The largest absolute Gasteiger partial charge is 0.486 e. The van der Waals surface area contributed by atoms with Gasteiger partial charge in [-0.3, -0.25) is 0 Å². The minimum absolute atomic E-state index is 0.299. The molecule has 0 spiro atoms. The molecule has 2 rings (SSSR count). The van der Waals surface area contributed by atoms with Crippen molar-refractivity contribution < 1.29 is 4.74 Å². The lowest BCUT2D eigenvalue weighted by Gasteiger charge is -2.36. The molecule has 0 aliphatic carbocycles. The summed E-state index contributed by atoms with van der Waals surface area (Å²) in [6.07, 6.45) is 2.56. The molecule has 1 aliphatic rings. The molecule has 0 amide bonds. The third-order valence-corrected chi connectivity index (χ3v) is 3.75. The van der Waals surface area contributed by atoms with Crippen LogP contribution in [0.25, 0.3) is 0 Å². The zero-order valence-electron chi connectivity index (χ0n) is 12.4. The van der Waals surface area contributed by atoms with Crippen LogP contribution in [0.4, 0.5) is 5.69 Å². The standard InChI is InChI=1S/C16H26N2O/c1-4-14-11-18(8-7-12(2)3)15-6-5-13(10-17)9-16(15)19-14/h5-6,9,12,14H,4,7-8,10-11,17H2,1-3H3. The Labute approximate surface area is 116 Å². The van der Waals surface area contributed by atoms with E-state index in [0.29, 0.717) is 12.6 Å². The highest BCUT2D eigenvalue weighted by atomic mass is 16.5. The van der Waals surface area contributed by atoms with Gasteiger partial charge in [0.25, 0.3) is 0 Å². The van der Waals surface area contributed by atoms with Crippen molar-refractivity contribution in [1.82, 2.24) is 0 Å². The fourth-order valence-corrected chi connectivity index (χ4v) is 2.44. The van der Waals surface area contributed by atoms with Crippen molar-refractivity contribution in [2.24, 2.45) is 11.7 Å². The average molecular weight is 262 g/mol. The van der Waals surface area contributed by atoms with Crippen molar-refractivity contribution in [3.63, 3.8) is 0 Å². The van der Waals surface area contributed by atoms with Crippen molar-refractivity contribution in [2.45, 2.75) is 46.3 Å². The van der Waals surface area contributed by atoms with Gasteiger partial charge in [-0.1, -0.05) is 26.8 Å². The van der Waals surface area contributed by atoms with Gasteiger partial charge in [-0.15, -0.1) is 0 Å². The van der Waals surface area contributed by atoms with Gasteiger partial charge in [0, 0.05) is 13.1 Å². The van der Waals surface area contributed by atoms with Gasteiger partial charge in [0.1, 0.15) is 11.9 Å². The van der Waals surface area contributed by atoms with E-state index in [1.165, 1.54) is 12.1 Å². The monoisotopic (exact) mass is 262 g/mol. The van der Waals surface area contributed by atoms with Gasteiger partial charge < -0.3 is 15.4 Å². The van der Waals surface area contributed by atoms with Crippen LogP contribution in [-0.2, 0) is 6.54 Å². The number of ether oxygens (including phenoxy) is 1. The summed E-state index contributed by atoms with van der Waals surface area (Å²) in [5.41, 5.74) is 8.08. The predicted molar refractivity (Wildman–Crippen MR) is 80.7 cm³/mol. The Bertz CT molecular complexity index is 417. The molecule has 3 nitrogen and oxygen atoms in total. The lowest BCUT2D eigenvalue weighted by atomic mass is 10.1. The summed E-state index contributed by atoms with van der Waals surface area (Å²) in [6, 6.07) is 6.36. The average Bonchev–Trinajstić information content (AvgIpc) is 2.43. The number of nitrogens with two attached hydrogens (primary N) is 1. The molecule has 19 heavy (non-hydrogen) atoms. The molecule has 3 heteroatoms. The van der Waals surface area contributed by atoms with E-state index >= 15 is 0 Å². The third kappa shape index (κ3) is 3.41. The first-order valence-corrected chi connectivity index (χ1v) is 7.38. The quantitative estimate of drug-likeness (QED) is 0.886. The Hall–Kier alpha value is -1.22. The van der Waals surface area contributed by atoms with Crippen LogP contribution < -0.4 is 15.4 Å². The lowest BCUT2D eigenvalue weighted by molar-refractivity contribution is 0.188. The highest BCUT2D eigenvalue weighted by molar-refractivity contribution is 5.61. The van der Waals surface area contributed by atoms with E-state index < -0.39 is 0 Å². The summed E-state index contributed by atoms with van der Waals surface area (Å²) in [4.78, 5) is 2.47. The van der Waals surface area contributed by atoms with Crippen LogP contribution in [0.3, 0.4) is 0 Å². The number of hydrogen-bond donors (Lipinski definition) is 1. The predicted octanol–water partition coefficient (Wildman–Crippen LogP) is 3.17. The molecule has 1 atom stereocenters. The molecule has 1 aromatic rings. The molecule has 1 aliphatic heterocycles. The lowest BCUT2D eigenvalue weighted by Crippen LogP contribution is -2.40. The van der Waals surface area contributed by atoms with E-state index in [2.05, 4.69) is 43.9 Å². The number of fused-ring (bicyclic) bond motifs is 1. The molecule has 2 N–H and O–H groups in total. The van der Waals surface area contributed by atoms with Crippen LogP contribution in [0.1, 0.15) is 39.2 Å². The van der Waals surface area contributed by atoms with E-state index in [1.807, 2.05) is 0 Å². The van der Waals surface area contributed by atoms with E-state index in [1.54, 1.807) is 0 Å². The van der Waals surface area contributed by atoms with Crippen molar-refractivity contribution in [1.29, 1.82) is 0 Å². The van der Waals surface area contributed by atoms with Gasteiger partial charge in [0.2, 0.25) is 0 Å². The Morgan fingerprint density at radius 1 is 1.42 bits per heavy atom. The van der Waals surface area contributed by atoms with Crippen molar-refractivity contribution >= 4 is 5.69 Å². The fraction of sp³-hybridized carbons (Fsp3) is 0.625. The van der Waals surface area contributed by atoms with Gasteiger partial charge in [0.15, 0.2) is 0 Å². The third-order valence-electron chi connectivity index (χ3n) is 3.75. The van der Waals surface area contributed by atoms with Crippen LogP contribution in [0.2, 0.25) is 0 Å². The number of nitrogens with zero attached hydrogens (tertiary/aromatic N) is 1. The Kier molecular flexibility index (Phi) is 4.70. The number of benzene rings is 1. The molecule has 0 radical (unpaired) electrons. The molecule has 0 saturated heterocycles. The topological polar surface area (TPSA) is 38.5 Å². The number of hydrogen-bond acceptors (Lipinski definition) is 3. The summed E-state index contributed by atoms with van der Waals surface area (Å²) >= 11 is 0. The van der Waals surface area contributed by atoms with Crippen molar-refractivity contribution in [3.05, 3.63) is 23.8 Å². The van der Waals surface area contributed by atoms with E-state index in [9.17, 15) is 0 Å². The summed E-state index contributed by atoms with van der Waals surface area (Å²) < 4.78 is 6.06. The highest BCUT2D eigenvalue weighted by Gasteiger charge is 2.24. The summed E-state index contributed by atoms with van der Waals surface area (Å²) in [7, 11) is 0. The Morgan fingerprint density at radius 3 is 2.84 bits per heavy atom. The van der Waals surface area contributed by atoms with Gasteiger partial charge in [-0.05, 0) is 36.5 Å². The maximum absolute atomic E-state index is 6.06. The maximum Gasteiger partial charge on any atom is 0.143 e. The molecule has 0 fully saturated rings. The van der Waals surface area contributed by atoms with Crippen LogP contribution in [-0.4, -0.2) is 19.2 Å². The molecule has 0 saturated carbocycles. The smallest absolute Gasteiger partial charge is 0.143 e.